The first-order chi connectivity index (χ1) is 13.4. The van der Waals surface area contributed by atoms with Crippen molar-refractivity contribution < 1.29 is 14.0 Å². The highest BCUT2D eigenvalue weighted by molar-refractivity contribution is 5.84. The predicted octanol–water partition coefficient (Wildman–Crippen LogP) is 2.22. The molecule has 0 saturated carbocycles. The predicted molar refractivity (Wildman–Crippen MR) is 107 cm³/mol. The molecule has 2 rings (SSSR count). The molecule has 0 radical (unpaired) electrons. The number of hydrogen-bond donors (Lipinski definition) is 2. The lowest BCUT2D eigenvalue weighted by atomic mass is 10.2. The Morgan fingerprint density at radius 3 is 2.21 bits per heavy atom. The van der Waals surface area contributed by atoms with E-state index in [0.717, 1.165) is 17.7 Å². The average Bonchev–Trinajstić information content (AvgIpc) is 2.69. The first kappa shape index (κ1) is 21.4. The zero-order chi connectivity index (χ0) is 20.4. The van der Waals surface area contributed by atoms with E-state index in [2.05, 4.69) is 10.6 Å². The highest BCUT2D eigenvalue weighted by Crippen LogP contribution is 2.05. The fourth-order valence-electron chi connectivity index (χ4n) is 2.53. The minimum atomic E-state index is -0.440. The van der Waals surface area contributed by atoms with Crippen LogP contribution in [0.2, 0.25) is 0 Å². The van der Waals surface area contributed by atoms with Crippen LogP contribution in [0.3, 0.4) is 0 Å². The van der Waals surface area contributed by atoms with Crippen LogP contribution in [0.4, 0.5) is 9.18 Å². The molecule has 3 amide bonds. The van der Waals surface area contributed by atoms with E-state index in [0.29, 0.717) is 13.1 Å². The maximum Gasteiger partial charge on any atom is 0.315 e. The van der Waals surface area contributed by atoms with E-state index in [9.17, 15) is 14.0 Å². The van der Waals surface area contributed by atoms with Gasteiger partial charge in [-0.1, -0.05) is 42.5 Å². The molecule has 0 aliphatic rings. The SMILES string of the molecule is CN(C)CCN(Cc1ccccc1)C(=O)CNC(=O)NCc1ccc(F)cc1. The van der Waals surface area contributed by atoms with E-state index < -0.39 is 6.03 Å². The van der Waals surface area contributed by atoms with Crippen LogP contribution in [-0.2, 0) is 17.9 Å². The van der Waals surface area contributed by atoms with Crippen molar-refractivity contribution in [3.63, 3.8) is 0 Å². The molecule has 0 aromatic heterocycles. The second kappa shape index (κ2) is 11.0. The summed E-state index contributed by atoms with van der Waals surface area (Å²) in [5, 5.41) is 5.25. The standard InChI is InChI=1S/C21H27FN4O2/c1-25(2)12-13-26(16-18-6-4-3-5-7-18)20(27)15-24-21(28)23-14-17-8-10-19(22)11-9-17/h3-11H,12-16H2,1-2H3,(H2,23,24,28). The van der Waals surface area contributed by atoms with Gasteiger partial charge in [0.05, 0.1) is 6.54 Å². The van der Waals surface area contributed by atoms with Gasteiger partial charge in [-0.15, -0.1) is 0 Å². The third-order valence-electron chi connectivity index (χ3n) is 4.15. The van der Waals surface area contributed by atoms with E-state index in [-0.39, 0.29) is 24.8 Å². The Morgan fingerprint density at radius 2 is 1.57 bits per heavy atom. The van der Waals surface area contributed by atoms with Crippen molar-refractivity contribution in [3.8, 4) is 0 Å². The molecular formula is C21H27FN4O2. The second-order valence-corrected chi connectivity index (χ2v) is 6.77. The smallest absolute Gasteiger partial charge is 0.315 e. The number of carbonyl (C=O) groups excluding carboxylic acids is 2. The quantitative estimate of drug-likeness (QED) is 0.695. The van der Waals surface area contributed by atoms with Gasteiger partial charge in [-0.25, -0.2) is 9.18 Å². The lowest BCUT2D eigenvalue weighted by Crippen LogP contribution is -2.45. The normalized spacial score (nSPS) is 10.6. The Morgan fingerprint density at radius 1 is 0.893 bits per heavy atom. The molecule has 6 nitrogen and oxygen atoms in total. The molecule has 0 aliphatic carbocycles. The van der Waals surface area contributed by atoms with Crippen LogP contribution >= 0.6 is 0 Å². The van der Waals surface area contributed by atoms with Crippen LogP contribution in [0.5, 0.6) is 0 Å². The summed E-state index contributed by atoms with van der Waals surface area (Å²) in [6.07, 6.45) is 0. The topological polar surface area (TPSA) is 64.7 Å². The largest absolute Gasteiger partial charge is 0.336 e. The van der Waals surface area contributed by atoms with E-state index in [4.69, 9.17) is 0 Å². The number of carbonyl (C=O) groups is 2. The average molecular weight is 386 g/mol. The molecule has 150 valence electrons. The number of nitrogens with zero attached hydrogens (tertiary/aromatic N) is 2. The van der Waals surface area contributed by atoms with Gasteiger partial charge in [-0.05, 0) is 37.4 Å². The van der Waals surface area contributed by atoms with Gasteiger partial charge in [0.25, 0.3) is 0 Å². The zero-order valence-electron chi connectivity index (χ0n) is 16.3. The van der Waals surface area contributed by atoms with E-state index in [1.165, 1.54) is 12.1 Å². The van der Waals surface area contributed by atoms with Gasteiger partial charge >= 0.3 is 6.03 Å². The summed E-state index contributed by atoms with van der Waals surface area (Å²) >= 11 is 0. The van der Waals surface area contributed by atoms with Gasteiger partial charge in [0.1, 0.15) is 5.82 Å². The molecule has 2 N–H and O–H groups in total. The molecule has 2 aromatic rings. The Hall–Kier alpha value is -2.93. The van der Waals surface area contributed by atoms with Gasteiger partial charge in [0.2, 0.25) is 5.91 Å². The maximum absolute atomic E-state index is 12.9. The van der Waals surface area contributed by atoms with Gasteiger partial charge in [0.15, 0.2) is 0 Å². The number of benzene rings is 2. The highest BCUT2D eigenvalue weighted by Gasteiger charge is 2.15. The number of amides is 3. The Kier molecular flexibility index (Phi) is 8.42. The summed E-state index contributed by atoms with van der Waals surface area (Å²) in [5.74, 6) is -0.474. The molecule has 0 spiro atoms. The van der Waals surface area contributed by atoms with Crippen LogP contribution in [0.15, 0.2) is 54.6 Å². The zero-order valence-corrected chi connectivity index (χ0v) is 16.3. The molecule has 0 aliphatic heterocycles. The number of nitrogens with one attached hydrogen (secondary N) is 2. The summed E-state index contributed by atoms with van der Waals surface area (Å²) in [4.78, 5) is 28.3. The Labute approximate surface area is 165 Å². The Bertz CT molecular complexity index is 751. The van der Waals surface area contributed by atoms with Crippen molar-refractivity contribution in [1.29, 1.82) is 0 Å². The molecule has 0 heterocycles. The van der Waals surface area contributed by atoms with Crippen molar-refractivity contribution in [2.45, 2.75) is 13.1 Å². The highest BCUT2D eigenvalue weighted by atomic mass is 19.1. The Balaban J connectivity index is 1.83. The lowest BCUT2D eigenvalue weighted by molar-refractivity contribution is -0.130. The summed E-state index contributed by atoms with van der Waals surface area (Å²) in [7, 11) is 3.90. The van der Waals surface area contributed by atoms with E-state index in [1.54, 1.807) is 17.0 Å². The van der Waals surface area contributed by atoms with Crippen LogP contribution in [0.25, 0.3) is 0 Å². The minimum absolute atomic E-state index is 0.0878. The number of rotatable bonds is 9. The van der Waals surface area contributed by atoms with E-state index in [1.807, 2.05) is 49.3 Å². The molecule has 0 atom stereocenters. The van der Waals surface area contributed by atoms with Crippen LogP contribution in [0, 0.1) is 5.82 Å². The maximum atomic E-state index is 12.9. The molecule has 0 saturated heterocycles. The number of urea groups is 1. The van der Waals surface area contributed by atoms with Gasteiger partial charge in [-0.3, -0.25) is 4.79 Å². The first-order valence-electron chi connectivity index (χ1n) is 9.16. The van der Waals surface area contributed by atoms with Crippen LogP contribution in [-0.4, -0.2) is 55.5 Å². The fourth-order valence-corrected chi connectivity index (χ4v) is 2.53. The van der Waals surface area contributed by atoms with Crippen LogP contribution in [0.1, 0.15) is 11.1 Å². The molecule has 0 fully saturated rings. The van der Waals surface area contributed by atoms with Crippen molar-refractivity contribution in [2.75, 3.05) is 33.7 Å². The van der Waals surface area contributed by atoms with Crippen molar-refractivity contribution >= 4 is 11.9 Å². The lowest BCUT2D eigenvalue weighted by Gasteiger charge is -2.25. The van der Waals surface area contributed by atoms with Crippen molar-refractivity contribution in [2.24, 2.45) is 0 Å². The summed E-state index contributed by atoms with van der Waals surface area (Å²) in [6, 6.07) is 15.2. The molecule has 0 unspecified atom stereocenters. The van der Waals surface area contributed by atoms with Crippen LogP contribution < -0.4 is 10.6 Å². The summed E-state index contributed by atoms with van der Waals surface area (Å²) in [5.41, 5.74) is 1.81. The van der Waals surface area contributed by atoms with Gasteiger partial charge in [0, 0.05) is 26.2 Å². The molecule has 2 aromatic carbocycles. The third-order valence-corrected chi connectivity index (χ3v) is 4.15. The van der Waals surface area contributed by atoms with Gasteiger partial charge in [-0.2, -0.15) is 0 Å². The molecule has 7 heteroatoms. The summed E-state index contributed by atoms with van der Waals surface area (Å²) < 4.78 is 12.9. The first-order valence-corrected chi connectivity index (χ1v) is 9.16. The van der Waals surface area contributed by atoms with Crippen molar-refractivity contribution in [3.05, 3.63) is 71.5 Å². The molecule has 0 bridgehead atoms. The van der Waals surface area contributed by atoms with Crippen molar-refractivity contribution in [1.82, 2.24) is 20.4 Å². The fraction of sp³-hybridized carbons (Fsp3) is 0.333. The number of likely N-dealkylation sites (N-methyl/N-ethyl adjacent to an activating group) is 1. The minimum Gasteiger partial charge on any atom is -0.336 e. The molecule has 28 heavy (non-hydrogen) atoms. The summed E-state index contributed by atoms with van der Waals surface area (Å²) in [6.45, 7) is 1.96. The third kappa shape index (κ3) is 7.75. The van der Waals surface area contributed by atoms with E-state index >= 15 is 0 Å². The molecular weight excluding hydrogens is 359 g/mol. The monoisotopic (exact) mass is 386 g/mol. The number of halogens is 1. The second-order valence-electron chi connectivity index (χ2n) is 6.77. The number of hydrogen-bond acceptors (Lipinski definition) is 3. The van der Waals surface area contributed by atoms with Gasteiger partial charge < -0.3 is 20.4 Å².